The lowest BCUT2D eigenvalue weighted by Crippen LogP contribution is -1.79. The van der Waals surface area contributed by atoms with Crippen LogP contribution in [0.25, 0.3) is 16.9 Å². The second-order valence-corrected chi connectivity index (χ2v) is 4.70. The van der Waals surface area contributed by atoms with Crippen molar-refractivity contribution in [1.29, 1.82) is 0 Å². The minimum absolute atomic E-state index is 0.232. The molecule has 0 unspecified atom stereocenters. The van der Waals surface area contributed by atoms with E-state index in [1.54, 1.807) is 18.3 Å². The van der Waals surface area contributed by atoms with Gasteiger partial charge in [0.1, 0.15) is 11.4 Å². The molecule has 1 N–H and O–H groups in total. The largest absolute Gasteiger partial charge is 0.506 e. The molecule has 0 amide bonds. The van der Waals surface area contributed by atoms with E-state index in [2.05, 4.69) is 20.9 Å². The molecule has 0 radical (unpaired) electrons. The Bertz CT molecular complexity index is 691. The van der Waals surface area contributed by atoms with E-state index in [4.69, 9.17) is 0 Å². The summed E-state index contributed by atoms with van der Waals surface area (Å²) in [5.74, 6) is 0.232. The van der Waals surface area contributed by atoms with Gasteiger partial charge in [-0.1, -0.05) is 28.1 Å². The predicted octanol–water partition coefficient (Wildman–Crippen LogP) is 3.47. The van der Waals surface area contributed by atoms with Gasteiger partial charge < -0.3 is 9.51 Å². The third-order valence-corrected chi connectivity index (χ3v) is 3.05. The summed E-state index contributed by atoms with van der Waals surface area (Å²) < 4.78 is 2.83. The van der Waals surface area contributed by atoms with Crippen molar-refractivity contribution in [3.63, 3.8) is 0 Å². The van der Waals surface area contributed by atoms with Crippen LogP contribution in [0.4, 0.5) is 0 Å². The number of aromatic hydroxyl groups is 1. The molecule has 0 fully saturated rings. The van der Waals surface area contributed by atoms with Gasteiger partial charge in [-0.3, -0.25) is 0 Å². The van der Waals surface area contributed by atoms with Gasteiger partial charge in [-0.05, 0) is 24.3 Å². The zero-order valence-electron chi connectivity index (χ0n) is 8.84. The highest BCUT2D eigenvalue weighted by atomic mass is 79.9. The van der Waals surface area contributed by atoms with E-state index in [1.165, 1.54) is 0 Å². The van der Waals surface area contributed by atoms with Crippen LogP contribution in [0.3, 0.4) is 0 Å². The van der Waals surface area contributed by atoms with Gasteiger partial charge in [0, 0.05) is 16.2 Å². The fraction of sp³-hybridized carbons (Fsp3) is 0. The van der Waals surface area contributed by atoms with E-state index >= 15 is 0 Å². The van der Waals surface area contributed by atoms with Gasteiger partial charge >= 0.3 is 0 Å². The number of hydrogen-bond donors (Lipinski definition) is 1. The Morgan fingerprint density at radius 1 is 1.12 bits per heavy atom. The molecule has 4 heteroatoms. The van der Waals surface area contributed by atoms with E-state index in [1.807, 2.05) is 34.9 Å². The Labute approximate surface area is 106 Å². The summed E-state index contributed by atoms with van der Waals surface area (Å²) >= 11 is 3.44. The highest BCUT2D eigenvalue weighted by Gasteiger charge is 2.04. The Morgan fingerprint density at radius 2 is 2.00 bits per heavy atom. The average molecular weight is 289 g/mol. The third kappa shape index (κ3) is 1.91. The fourth-order valence-corrected chi connectivity index (χ4v) is 2.17. The summed E-state index contributed by atoms with van der Waals surface area (Å²) in [6.45, 7) is 0. The van der Waals surface area contributed by atoms with Gasteiger partial charge in [-0.2, -0.15) is 0 Å². The summed E-state index contributed by atoms with van der Waals surface area (Å²) in [4.78, 5) is 4.50. The number of rotatable bonds is 1. The van der Waals surface area contributed by atoms with Crippen LogP contribution < -0.4 is 0 Å². The van der Waals surface area contributed by atoms with Crippen LogP contribution in [0.15, 0.2) is 53.3 Å². The molecule has 0 aliphatic rings. The van der Waals surface area contributed by atoms with Gasteiger partial charge in [0.25, 0.3) is 0 Å². The first kappa shape index (κ1) is 10.4. The van der Waals surface area contributed by atoms with Crippen LogP contribution in [0.2, 0.25) is 0 Å². The third-order valence-electron chi connectivity index (χ3n) is 2.56. The lowest BCUT2D eigenvalue weighted by Gasteiger charge is -1.95. The second-order valence-electron chi connectivity index (χ2n) is 3.79. The van der Waals surface area contributed by atoms with Crippen LogP contribution in [-0.4, -0.2) is 14.5 Å². The van der Waals surface area contributed by atoms with Crippen molar-refractivity contribution in [2.45, 2.75) is 0 Å². The average Bonchev–Trinajstić information content (AvgIpc) is 2.72. The van der Waals surface area contributed by atoms with Gasteiger partial charge in [-0.25, -0.2) is 4.98 Å². The molecule has 2 heterocycles. The lowest BCUT2D eigenvalue weighted by atomic mass is 10.2. The van der Waals surface area contributed by atoms with E-state index in [9.17, 15) is 5.11 Å². The number of aromatic nitrogens is 2. The van der Waals surface area contributed by atoms with Crippen molar-refractivity contribution in [2.75, 3.05) is 0 Å². The minimum Gasteiger partial charge on any atom is -0.506 e. The fourth-order valence-electron chi connectivity index (χ4n) is 1.77. The number of halogens is 1. The molecule has 1 aromatic carbocycles. The van der Waals surface area contributed by atoms with Crippen molar-refractivity contribution in [1.82, 2.24) is 9.38 Å². The number of pyridine rings is 1. The van der Waals surface area contributed by atoms with E-state index in [0.29, 0.717) is 0 Å². The zero-order chi connectivity index (χ0) is 11.8. The van der Waals surface area contributed by atoms with Gasteiger partial charge in [-0.15, -0.1) is 0 Å². The van der Waals surface area contributed by atoms with Gasteiger partial charge in [0.05, 0.1) is 11.9 Å². The quantitative estimate of drug-likeness (QED) is 0.744. The molecule has 0 aliphatic heterocycles. The highest BCUT2D eigenvalue weighted by Crippen LogP contribution is 2.23. The number of nitrogens with zero attached hydrogens (tertiary/aromatic N) is 2. The molecule has 0 spiro atoms. The monoisotopic (exact) mass is 288 g/mol. The van der Waals surface area contributed by atoms with Crippen LogP contribution >= 0.6 is 15.9 Å². The molecule has 2 aromatic heterocycles. The number of imidazole rings is 1. The van der Waals surface area contributed by atoms with Crippen molar-refractivity contribution in [3.05, 3.63) is 53.3 Å². The van der Waals surface area contributed by atoms with E-state index in [0.717, 1.165) is 21.4 Å². The van der Waals surface area contributed by atoms with Crippen LogP contribution in [0.5, 0.6) is 5.75 Å². The molecule has 0 bridgehead atoms. The number of benzene rings is 1. The SMILES string of the molecule is Oc1ccc2nc(-c3cccc(Br)c3)cn2c1. The van der Waals surface area contributed by atoms with Crippen molar-refractivity contribution in [3.8, 4) is 17.0 Å². The molecular weight excluding hydrogens is 280 g/mol. The molecule has 0 aliphatic carbocycles. The molecule has 3 nitrogen and oxygen atoms in total. The lowest BCUT2D eigenvalue weighted by molar-refractivity contribution is 0.472. The first-order chi connectivity index (χ1) is 8.22. The van der Waals surface area contributed by atoms with Gasteiger partial charge in [0.15, 0.2) is 0 Å². The topological polar surface area (TPSA) is 37.5 Å². The summed E-state index contributed by atoms with van der Waals surface area (Å²) in [6.07, 6.45) is 3.54. The maximum absolute atomic E-state index is 9.40. The Morgan fingerprint density at radius 3 is 2.82 bits per heavy atom. The predicted molar refractivity (Wildman–Crippen MR) is 70.0 cm³/mol. The molecular formula is C13H9BrN2O. The number of fused-ring (bicyclic) bond motifs is 1. The van der Waals surface area contributed by atoms with Crippen molar-refractivity contribution in [2.24, 2.45) is 0 Å². The Kier molecular flexibility index (Phi) is 2.37. The first-order valence-corrected chi connectivity index (χ1v) is 5.95. The zero-order valence-corrected chi connectivity index (χ0v) is 10.4. The highest BCUT2D eigenvalue weighted by molar-refractivity contribution is 9.10. The Hall–Kier alpha value is -1.81. The maximum atomic E-state index is 9.40. The number of hydrogen-bond acceptors (Lipinski definition) is 2. The molecule has 3 rings (SSSR count). The summed E-state index contributed by atoms with van der Waals surface area (Å²) in [6, 6.07) is 11.4. The maximum Gasteiger partial charge on any atom is 0.137 e. The second kappa shape index (κ2) is 3.89. The molecule has 84 valence electrons. The summed E-state index contributed by atoms with van der Waals surface area (Å²) in [5, 5.41) is 9.40. The van der Waals surface area contributed by atoms with E-state index in [-0.39, 0.29) is 5.75 Å². The van der Waals surface area contributed by atoms with Crippen LogP contribution in [0, 0.1) is 0 Å². The first-order valence-electron chi connectivity index (χ1n) is 5.16. The smallest absolute Gasteiger partial charge is 0.137 e. The van der Waals surface area contributed by atoms with E-state index < -0.39 is 0 Å². The molecule has 0 saturated heterocycles. The molecule has 0 saturated carbocycles. The van der Waals surface area contributed by atoms with Gasteiger partial charge in [0.2, 0.25) is 0 Å². The molecule has 0 atom stereocenters. The normalized spacial score (nSPS) is 10.9. The van der Waals surface area contributed by atoms with Crippen LogP contribution in [-0.2, 0) is 0 Å². The molecule has 17 heavy (non-hydrogen) atoms. The minimum atomic E-state index is 0.232. The standard InChI is InChI=1S/C13H9BrN2O/c14-10-3-1-2-9(6-10)12-8-16-7-11(17)4-5-13(16)15-12/h1-8,17H. The van der Waals surface area contributed by atoms with Crippen molar-refractivity contribution < 1.29 is 5.11 Å². The Balaban J connectivity index is 2.18. The summed E-state index contributed by atoms with van der Waals surface area (Å²) in [7, 11) is 0. The van der Waals surface area contributed by atoms with Crippen molar-refractivity contribution >= 4 is 21.6 Å². The summed E-state index contributed by atoms with van der Waals surface area (Å²) in [5.41, 5.74) is 2.75. The van der Waals surface area contributed by atoms with Crippen LogP contribution in [0.1, 0.15) is 0 Å². The molecule has 3 aromatic rings.